The number of hydrogen-bond donors (Lipinski definition) is 1. The minimum Gasteiger partial charge on any atom is -0.436 e. The predicted molar refractivity (Wildman–Crippen MR) is 75.5 cm³/mol. The van der Waals surface area contributed by atoms with Crippen LogP contribution in [0.15, 0.2) is 40.8 Å². The highest BCUT2D eigenvalue weighted by molar-refractivity contribution is 6.33. The Bertz CT molecular complexity index is 829. The van der Waals surface area contributed by atoms with Crippen LogP contribution < -0.4 is 5.73 Å². The summed E-state index contributed by atoms with van der Waals surface area (Å²) in [6.45, 7) is 0. The Balaban J connectivity index is 2.15. The first kappa shape index (κ1) is 12.4. The highest BCUT2D eigenvalue weighted by atomic mass is 35.5. The summed E-state index contributed by atoms with van der Waals surface area (Å²) in [7, 11) is 0. The van der Waals surface area contributed by atoms with Crippen molar-refractivity contribution in [2.45, 2.75) is 0 Å². The second-order valence-corrected chi connectivity index (χ2v) is 4.57. The third-order valence-electron chi connectivity index (χ3n) is 2.81. The molecule has 0 aliphatic carbocycles. The molecule has 0 spiro atoms. The molecule has 0 unspecified atom stereocenters. The van der Waals surface area contributed by atoms with Gasteiger partial charge in [0.1, 0.15) is 5.52 Å². The predicted octanol–water partition coefficient (Wildman–Crippen LogP) is 3.64. The van der Waals surface area contributed by atoms with Gasteiger partial charge in [0.05, 0.1) is 15.5 Å². The number of oxazole rings is 1. The molecule has 0 atom stereocenters. The Kier molecular flexibility index (Phi) is 2.80. The van der Waals surface area contributed by atoms with Gasteiger partial charge in [0.15, 0.2) is 5.58 Å². The Morgan fingerprint density at radius 3 is 2.75 bits per heavy atom. The number of nitrogens with two attached hydrogens (primary N) is 1. The second kappa shape index (κ2) is 4.50. The van der Waals surface area contributed by atoms with Crippen molar-refractivity contribution in [3.05, 3.63) is 51.5 Å². The molecule has 0 radical (unpaired) electrons. The smallest absolute Gasteiger partial charge is 0.271 e. The highest BCUT2D eigenvalue weighted by Gasteiger charge is 2.14. The minimum absolute atomic E-state index is 0.0410. The molecule has 20 heavy (non-hydrogen) atoms. The van der Waals surface area contributed by atoms with Gasteiger partial charge in [-0.3, -0.25) is 10.1 Å². The van der Waals surface area contributed by atoms with Crippen molar-refractivity contribution in [1.82, 2.24) is 4.98 Å². The first-order valence-corrected chi connectivity index (χ1v) is 6.03. The van der Waals surface area contributed by atoms with Gasteiger partial charge in [-0.25, -0.2) is 4.98 Å². The molecule has 0 saturated carbocycles. The summed E-state index contributed by atoms with van der Waals surface area (Å²) in [6, 6.07) is 9.19. The molecule has 0 bridgehead atoms. The van der Waals surface area contributed by atoms with Gasteiger partial charge in [-0.05, 0) is 24.3 Å². The number of nitrogen functional groups attached to an aromatic ring is 1. The molecule has 0 saturated heterocycles. The van der Waals surface area contributed by atoms with E-state index >= 15 is 0 Å². The number of rotatable bonds is 2. The maximum absolute atomic E-state index is 10.7. The van der Waals surface area contributed by atoms with E-state index < -0.39 is 4.92 Å². The summed E-state index contributed by atoms with van der Waals surface area (Å²) in [4.78, 5) is 14.5. The fraction of sp³-hybridized carbons (Fsp3) is 0. The summed E-state index contributed by atoms with van der Waals surface area (Å²) in [5, 5.41) is 11.1. The van der Waals surface area contributed by atoms with Gasteiger partial charge >= 0.3 is 0 Å². The number of nitrogens with zero attached hydrogens (tertiary/aromatic N) is 2. The Hall–Kier alpha value is -2.60. The molecule has 0 amide bonds. The fourth-order valence-electron chi connectivity index (χ4n) is 1.85. The van der Waals surface area contributed by atoms with E-state index in [-0.39, 0.29) is 5.69 Å². The zero-order chi connectivity index (χ0) is 14.3. The van der Waals surface area contributed by atoms with Crippen LogP contribution in [0.5, 0.6) is 0 Å². The molecule has 1 aromatic heterocycles. The van der Waals surface area contributed by atoms with E-state index in [0.717, 1.165) is 0 Å². The lowest BCUT2D eigenvalue weighted by molar-refractivity contribution is -0.384. The molecule has 1 heterocycles. The van der Waals surface area contributed by atoms with Crippen LogP contribution in [-0.2, 0) is 0 Å². The lowest BCUT2D eigenvalue weighted by Gasteiger charge is -1.99. The third kappa shape index (κ3) is 2.06. The Morgan fingerprint density at radius 2 is 2.05 bits per heavy atom. The van der Waals surface area contributed by atoms with E-state index in [1.807, 2.05) is 0 Å². The Labute approximate surface area is 117 Å². The van der Waals surface area contributed by atoms with Crippen molar-refractivity contribution in [1.29, 1.82) is 0 Å². The largest absolute Gasteiger partial charge is 0.436 e. The van der Waals surface area contributed by atoms with Crippen LogP contribution in [0.4, 0.5) is 11.4 Å². The number of nitro benzene ring substituents is 1. The number of anilines is 1. The third-order valence-corrected chi connectivity index (χ3v) is 3.12. The quantitative estimate of drug-likeness (QED) is 0.441. The van der Waals surface area contributed by atoms with E-state index in [1.54, 1.807) is 18.2 Å². The zero-order valence-corrected chi connectivity index (χ0v) is 10.8. The van der Waals surface area contributed by atoms with Gasteiger partial charge in [0.2, 0.25) is 5.89 Å². The lowest BCUT2D eigenvalue weighted by atomic mass is 10.2. The molecule has 0 aliphatic rings. The zero-order valence-electron chi connectivity index (χ0n) is 10.0. The maximum Gasteiger partial charge on any atom is 0.271 e. The van der Waals surface area contributed by atoms with E-state index in [1.165, 1.54) is 18.2 Å². The normalized spacial score (nSPS) is 10.8. The van der Waals surface area contributed by atoms with Gasteiger partial charge in [-0.15, -0.1) is 0 Å². The average Bonchev–Trinajstić information content (AvgIpc) is 2.80. The summed E-state index contributed by atoms with van der Waals surface area (Å²) in [5.74, 6) is 0.297. The summed E-state index contributed by atoms with van der Waals surface area (Å²) in [6.07, 6.45) is 0. The summed E-state index contributed by atoms with van der Waals surface area (Å²) in [5.41, 5.74) is 7.56. The van der Waals surface area contributed by atoms with Crippen molar-refractivity contribution in [3.63, 3.8) is 0 Å². The number of fused-ring (bicyclic) bond motifs is 1. The standard InChI is InChI=1S/C13H8ClN3O3/c14-10-5-7(15)1-3-9(10)13-16-11-6-8(17(18)19)2-4-12(11)20-13/h1-6H,15H2. The van der Waals surface area contributed by atoms with Crippen LogP contribution in [0.1, 0.15) is 0 Å². The van der Waals surface area contributed by atoms with Gasteiger partial charge in [0, 0.05) is 17.8 Å². The lowest BCUT2D eigenvalue weighted by Crippen LogP contribution is -1.87. The average molecular weight is 290 g/mol. The molecule has 3 aromatic rings. The maximum atomic E-state index is 10.7. The van der Waals surface area contributed by atoms with E-state index in [4.69, 9.17) is 21.8 Å². The molecule has 0 fully saturated rings. The Morgan fingerprint density at radius 1 is 1.25 bits per heavy atom. The molecule has 6 nitrogen and oxygen atoms in total. The van der Waals surface area contributed by atoms with Crippen LogP contribution >= 0.6 is 11.6 Å². The number of halogens is 1. The van der Waals surface area contributed by atoms with Crippen molar-refractivity contribution in [3.8, 4) is 11.5 Å². The molecule has 0 aliphatic heterocycles. The number of aromatic nitrogens is 1. The number of non-ortho nitro benzene ring substituents is 1. The monoisotopic (exact) mass is 289 g/mol. The molecular formula is C13H8ClN3O3. The molecule has 100 valence electrons. The number of benzene rings is 2. The summed E-state index contributed by atoms with van der Waals surface area (Å²) < 4.78 is 5.55. The van der Waals surface area contributed by atoms with Crippen molar-refractivity contribution in [2.75, 3.05) is 5.73 Å². The first-order chi connectivity index (χ1) is 9.54. The molecule has 3 rings (SSSR count). The molecule has 2 aromatic carbocycles. The van der Waals surface area contributed by atoms with Crippen LogP contribution in [0.25, 0.3) is 22.6 Å². The van der Waals surface area contributed by atoms with Crippen LogP contribution in [0.2, 0.25) is 5.02 Å². The van der Waals surface area contributed by atoms with E-state index in [2.05, 4.69) is 4.98 Å². The van der Waals surface area contributed by atoms with Crippen molar-refractivity contribution in [2.24, 2.45) is 0 Å². The molecule has 2 N–H and O–H groups in total. The van der Waals surface area contributed by atoms with Gasteiger partial charge in [0.25, 0.3) is 5.69 Å². The second-order valence-electron chi connectivity index (χ2n) is 4.17. The fourth-order valence-corrected chi connectivity index (χ4v) is 2.12. The summed E-state index contributed by atoms with van der Waals surface area (Å²) >= 11 is 6.09. The van der Waals surface area contributed by atoms with Crippen LogP contribution in [0.3, 0.4) is 0 Å². The molecular weight excluding hydrogens is 282 g/mol. The first-order valence-electron chi connectivity index (χ1n) is 5.65. The van der Waals surface area contributed by atoms with Crippen molar-refractivity contribution < 1.29 is 9.34 Å². The number of hydrogen-bond acceptors (Lipinski definition) is 5. The van der Waals surface area contributed by atoms with Crippen molar-refractivity contribution >= 4 is 34.1 Å². The van der Waals surface area contributed by atoms with Gasteiger partial charge in [-0.1, -0.05) is 11.6 Å². The van der Waals surface area contributed by atoms with E-state index in [0.29, 0.717) is 33.3 Å². The van der Waals surface area contributed by atoms with E-state index in [9.17, 15) is 10.1 Å². The SMILES string of the molecule is Nc1ccc(-c2nc3cc([N+](=O)[O-])ccc3o2)c(Cl)c1. The van der Waals surface area contributed by atoms with Crippen LogP contribution in [-0.4, -0.2) is 9.91 Å². The molecule has 7 heteroatoms. The topological polar surface area (TPSA) is 95.2 Å². The number of nitro groups is 1. The van der Waals surface area contributed by atoms with Gasteiger partial charge < -0.3 is 10.2 Å². The van der Waals surface area contributed by atoms with Gasteiger partial charge in [-0.2, -0.15) is 0 Å². The van der Waals surface area contributed by atoms with Crippen LogP contribution in [0, 0.1) is 10.1 Å². The highest BCUT2D eigenvalue weighted by Crippen LogP contribution is 2.32. The minimum atomic E-state index is -0.482.